The molecular weight excluding hydrogens is 476 g/mol. The Bertz CT molecular complexity index is 1180. The normalized spacial score (nSPS) is 15.2. The number of amides is 2. The van der Waals surface area contributed by atoms with E-state index in [0.717, 1.165) is 10.0 Å². The number of anilines is 1. The molecule has 0 bridgehead atoms. The highest BCUT2D eigenvalue weighted by Gasteiger charge is 2.34. The van der Waals surface area contributed by atoms with Crippen molar-refractivity contribution >= 4 is 56.8 Å². The summed E-state index contributed by atoms with van der Waals surface area (Å²) in [6.07, 6.45) is 1.55. The van der Waals surface area contributed by atoms with Crippen LogP contribution in [0.2, 0.25) is 0 Å². The molecule has 1 saturated heterocycles. The fourth-order valence-corrected chi connectivity index (χ4v) is 3.75. The maximum absolute atomic E-state index is 13.0. The maximum Gasteiger partial charge on any atom is 0.270 e. The van der Waals surface area contributed by atoms with E-state index in [4.69, 9.17) is 17.0 Å². The average molecular weight is 493 g/mol. The number of ether oxygens (including phenoxy) is 1. The number of nitrogens with one attached hydrogen (secondary N) is 1. The van der Waals surface area contributed by atoms with Crippen molar-refractivity contribution < 1.29 is 14.3 Å². The van der Waals surface area contributed by atoms with E-state index in [9.17, 15) is 9.59 Å². The van der Waals surface area contributed by atoms with Crippen LogP contribution in [0.5, 0.6) is 5.75 Å². The molecule has 4 rings (SSSR count). The molecule has 1 fully saturated rings. The molecule has 0 aliphatic carbocycles. The van der Waals surface area contributed by atoms with Crippen LogP contribution in [0.15, 0.2) is 88.9 Å². The van der Waals surface area contributed by atoms with Gasteiger partial charge in [-0.25, -0.2) is 0 Å². The average Bonchev–Trinajstić information content (AvgIpc) is 2.77. The van der Waals surface area contributed by atoms with Crippen molar-refractivity contribution in [1.82, 2.24) is 5.32 Å². The third kappa shape index (κ3) is 4.73. The van der Waals surface area contributed by atoms with Gasteiger partial charge in [-0.2, -0.15) is 0 Å². The highest BCUT2D eigenvalue weighted by atomic mass is 79.9. The molecule has 2 amide bonds. The van der Waals surface area contributed by atoms with E-state index in [1.54, 1.807) is 54.6 Å². The van der Waals surface area contributed by atoms with Crippen molar-refractivity contribution in [2.45, 2.75) is 6.61 Å². The van der Waals surface area contributed by atoms with Gasteiger partial charge in [0, 0.05) is 10.0 Å². The van der Waals surface area contributed by atoms with Crippen molar-refractivity contribution in [1.29, 1.82) is 0 Å². The summed E-state index contributed by atoms with van der Waals surface area (Å²) >= 11 is 8.71. The second-order valence-corrected chi connectivity index (χ2v) is 7.98. The number of carbonyl (C=O) groups is 2. The fraction of sp³-hybridized carbons (Fsp3) is 0.0417. The lowest BCUT2D eigenvalue weighted by Crippen LogP contribution is -2.54. The zero-order valence-corrected chi connectivity index (χ0v) is 18.7. The van der Waals surface area contributed by atoms with E-state index in [1.165, 1.54) is 4.90 Å². The summed E-state index contributed by atoms with van der Waals surface area (Å²) in [5, 5.41) is 2.65. The summed E-state index contributed by atoms with van der Waals surface area (Å²) in [4.78, 5) is 26.7. The molecule has 0 spiro atoms. The van der Waals surface area contributed by atoms with E-state index in [-0.39, 0.29) is 10.7 Å². The standard InChI is InChI=1S/C24H17BrN2O3S/c25-21-9-5-4-6-17(21)15-30-19-12-10-16(11-13-19)14-20-22(28)26-24(31)27(23(20)29)18-7-2-1-3-8-18/h1-14H,15H2,(H,26,28,31)/b20-14-. The molecular formula is C24H17BrN2O3S. The fourth-order valence-electron chi connectivity index (χ4n) is 3.07. The number of hydrogen-bond donors (Lipinski definition) is 1. The Morgan fingerprint density at radius 2 is 1.61 bits per heavy atom. The summed E-state index contributed by atoms with van der Waals surface area (Å²) in [6, 6.07) is 24.0. The summed E-state index contributed by atoms with van der Waals surface area (Å²) in [6.45, 7) is 0.423. The minimum Gasteiger partial charge on any atom is -0.489 e. The minimum absolute atomic E-state index is 0.0133. The highest BCUT2D eigenvalue weighted by molar-refractivity contribution is 9.10. The van der Waals surface area contributed by atoms with Crippen LogP contribution in [-0.4, -0.2) is 16.9 Å². The minimum atomic E-state index is -0.517. The molecule has 0 aromatic heterocycles. The van der Waals surface area contributed by atoms with Crippen molar-refractivity contribution in [3.63, 3.8) is 0 Å². The van der Waals surface area contributed by atoms with Gasteiger partial charge in [0.2, 0.25) is 0 Å². The lowest BCUT2D eigenvalue weighted by Gasteiger charge is -2.28. The van der Waals surface area contributed by atoms with Crippen molar-refractivity contribution in [2.24, 2.45) is 0 Å². The molecule has 1 heterocycles. The van der Waals surface area contributed by atoms with E-state index >= 15 is 0 Å². The molecule has 0 atom stereocenters. The quantitative estimate of drug-likeness (QED) is 0.314. The van der Waals surface area contributed by atoms with Crippen LogP contribution in [0.4, 0.5) is 5.69 Å². The second-order valence-electron chi connectivity index (χ2n) is 6.74. The maximum atomic E-state index is 13.0. The largest absolute Gasteiger partial charge is 0.489 e. The number of rotatable bonds is 5. The first-order valence-electron chi connectivity index (χ1n) is 9.46. The Hall–Kier alpha value is -3.29. The topological polar surface area (TPSA) is 58.6 Å². The number of nitrogens with zero attached hydrogens (tertiary/aromatic N) is 1. The molecule has 31 heavy (non-hydrogen) atoms. The van der Waals surface area contributed by atoms with Crippen LogP contribution in [-0.2, 0) is 16.2 Å². The molecule has 0 radical (unpaired) electrons. The van der Waals surface area contributed by atoms with Gasteiger partial charge in [-0.1, -0.05) is 64.5 Å². The van der Waals surface area contributed by atoms with Crippen molar-refractivity contribution in [2.75, 3.05) is 4.90 Å². The molecule has 3 aromatic rings. The van der Waals surface area contributed by atoms with Gasteiger partial charge in [0.15, 0.2) is 5.11 Å². The van der Waals surface area contributed by atoms with E-state index in [2.05, 4.69) is 21.2 Å². The third-order valence-electron chi connectivity index (χ3n) is 4.66. The highest BCUT2D eigenvalue weighted by Crippen LogP contribution is 2.23. The third-order valence-corrected chi connectivity index (χ3v) is 5.72. The van der Waals surface area contributed by atoms with Gasteiger partial charge in [-0.3, -0.25) is 19.8 Å². The number of thiocarbonyl (C=S) groups is 1. The molecule has 154 valence electrons. The zero-order valence-electron chi connectivity index (χ0n) is 16.2. The Morgan fingerprint density at radius 3 is 2.32 bits per heavy atom. The van der Waals surface area contributed by atoms with Gasteiger partial charge in [0.25, 0.3) is 11.8 Å². The number of benzene rings is 3. The molecule has 1 aliphatic rings. The van der Waals surface area contributed by atoms with Gasteiger partial charge in [-0.05, 0) is 54.2 Å². The Morgan fingerprint density at radius 1 is 0.935 bits per heavy atom. The summed E-state index contributed by atoms with van der Waals surface area (Å²) in [5.74, 6) is -0.296. The van der Waals surface area contributed by atoms with Crippen LogP contribution < -0.4 is 15.0 Å². The Kier molecular flexibility index (Phi) is 6.25. The van der Waals surface area contributed by atoms with Crippen LogP contribution in [0.25, 0.3) is 6.08 Å². The van der Waals surface area contributed by atoms with E-state index in [1.807, 2.05) is 30.3 Å². The number of hydrogen-bond acceptors (Lipinski definition) is 4. The molecule has 1 aliphatic heterocycles. The van der Waals surface area contributed by atoms with Gasteiger partial charge in [-0.15, -0.1) is 0 Å². The lowest BCUT2D eigenvalue weighted by atomic mass is 10.1. The number of carbonyl (C=O) groups excluding carboxylic acids is 2. The molecule has 5 nitrogen and oxygen atoms in total. The van der Waals surface area contributed by atoms with Crippen LogP contribution >= 0.6 is 28.1 Å². The Balaban J connectivity index is 1.52. The van der Waals surface area contributed by atoms with E-state index in [0.29, 0.717) is 23.6 Å². The predicted molar refractivity (Wildman–Crippen MR) is 128 cm³/mol. The number of halogens is 1. The molecule has 0 unspecified atom stereocenters. The lowest BCUT2D eigenvalue weighted by molar-refractivity contribution is -0.122. The molecule has 7 heteroatoms. The van der Waals surface area contributed by atoms with Crippen LogP contribution in [0, 0.1) is 0 Å². The molecule has 0 saturated carbocycles. The number of para-hydroxylation sites is 1. The van der Waals surface area contributed by atoms with Crippen molar-refractivity contribution in [3.05, 3.63) is 100 Å². The molecule has 3 aromatic carbocycles. The monoisotopic (exact) mass is 492 g/mol. The zero-order chi connectivity index (χ0) is 21.8. The summed E-state index contributed by atoms with van der Waals surface area (Å²) in [7, 11) is 0. The van der Waals surface area contributed by atoms with Crippen LogP contribution in [0.3, 0.4) is 0 Å². The first-order chi connectivity index (χ1) is 15.0. The van der Waals surface area contributed by atoms with Gasteiger partial charge >= 0.3 is 0 Å². The first kappa shape index (κ1) is 21.0. The first-order valence-corrected chi connectivity index (χ1v) is 10.7. The predicted octanol–water partition coefficient (Wildman–Crippen LogP) is 4.86. The Labute approximate surface area is 193 Å². The smallest absolute Gasteiger partial charge is 0.270 e. The van der Waals surface area contributed by atoms with Crippen LogP contribution in [0.1, 0.15) is 11.1 Å². The summed E-state index contributed by atoms with van der Waals surface area (Å²) < 4.78 is 6.81. The van der Waals surface area contributed by atoms with Gasteiger partial charge in [0.05, 0.1) is 5.69 Å². The van der Waals surface area contributed by atoms with Gasteiger partial charge < -0.3 is 4.74 Å². The van der Waals surface area contributed by atoms with Gasteiger partial charge in [0.1, 0.15) is 17.9 Å². The SMILES string of the molecule is O=C1NC(=S)N(c2ccccc2)C(=O)/C1=C\c1ccc(OCc2ccccc2Br)cc1. The van der Waals surface area contributed by atoms with Crippen molar-refractivity contribution in [3.8, 4) is 5.75 Å². The summed E-state index contributed by atoms with van der Waals surface area (Å²) in [5.41, 5.74) is 2.35. The second kappa shape index (κ2) is 9.24. The molecule has 1 N–H and O–H groups in total. The van der Waals surface area contributed by atoms with E-state index < -0.39 is 11.8 Å².